The highest BCUT2D eigenvalue weighted by Crippen LogP contribution is 2.24. The molecule has 19 heavy (non-hydrogen) atoms. The van der Waals surface area contributed by atoms with Crippen LogP contribution in [-0.4, -0.2) is 30.8 Å². The van der Waals surface area contributed by atoms with E-state index < -0.39 is 17.3 Å². The maximum absolute atomic E-state index is 13.6. The first-order chi connectivity index (χ1) is 8.99. The number of ether oxygens (including phenoxy) is 1. The molecule has 1 rings (SSSR count). The normalized spacial score (nSPS) is 12.2. The van der Waals surface area contributed by atoms with Gasteiger partial charge in [0.15, 0.2) is 0 Å². The number of rotatable bonds is 7. The second-order valence-corrected chi connectivity index (χ2v) is 4.31. The molecule has 0 aliphatic heterocycles. The number of hydrogen-bond acceptors (Lipinski definition) is 4. The lowest BCUT2D eigenvalue weighted by Crippen LogP contribution is -2.25. The maximum Gasteiger partial charge on any atom is 0.338 e. The largest absolute Gasteiger partial charge is 0.478 e. The number of halogens is 1. The minimum atomic E-state index is -1.34. The van der Waals surface area contributed by atoms with Crippen molar-refractivity contribution >= 4 is 17.3 Å². The first kappa shape index (κ1) is 15.2. The number of nitrogens with one attached hydrogen (secondary N) is 1. The van der Waals surface area contributed by atoms with Crippen LogP contribution in [-0.2, 0) is 4.74 Å². The van der Waals surface area contributed by atoms with Gasteiger partial charge in [0.05, 0.1) is 23.5 Å². The average Bonchev–Trinajstić information content (AvgIpc) is 2.33. The van der Waals surface area contributed by atoms with Gasteiger partial charge in [-0.3, -0.25) is 0 Å². The van der Waals surface area contributed by atoms with E-state index in [4.69, 9.17) is 15.6 Å². The molecule has 0 saturated heterocycles. The molecule has 0 aliphatic carbocycles. The molecule has 4 N–H and O–H groups in total. The van der Waals surface area contributed by atoms with Gasteiger partial charge < -0.3 is 20.9 Å². The van der Waals surface area contributed by atoms with Crippen molar-refractivity contribution < 1.29 is 19.0 Å². The van der Waals surface area contributed by atoms with Gasteiger partial charge >= 0.3 is 5.97 Å². The molecule has 0 amide bonds. The van der Waals surface area contributed by atoms with Gasteiger partial charge in [0.25, 0.3) is 0 Å². The van der Waals surface area contributed by atoms with Crippen molar-refractivity contribution in [2.45, 2.75) is 25.8 Å². The summed E-state index contributed by atoms with van der Waals surface area (Å²) in [5, 5.41) is 11.9. The van der Waals surface area contributed by atoms with E-state index in [9.17, 15) is 9.18 Å². The molecule has 1 unspecified atom stereocenters. The van der Waals surface area contributed by atoms with Gasteiger partial charge in [-0.05, 0) is 18.6 Å². The SMILES string of the molecule is CCCC(COC)Nc1cc(F)c(C(=O)O)cc1N. The molecule has 1 atom stereocenters. The Bertz CT molecular complexity index is 446. The fourth-order valence-electron chi connectivity index (χ4n) is 1.85. The topological polar surface area (TPSA) is 84.6 Å². The van der Waals surface area contributed by atoms with Crippen LogP contribution in [0.2, 0.25) is 0 Å². The monoisotopic (exact) mass is 270 g/mol. The highest BCUT2D eigenvalue weighted by Gasteiger charge is 2.15. The van der Waals surface area contributed by atoms with Gasteiger partial charge in [-0.15, -0.1) is 0 Å². The van der Waals surface area contributed by atoms with Crippen LogP contribution in [0.1, 0.15) is 30.1 Å². The zero-order valence-corrected chi connectivity index (χ0v) is 11.1. The van der Waals surface area contributed by atoms with Crippen molar-refractivity contribution in [3.63, 3.8) is 0 Å². The summed E-state index contributed by atoms with van der Waals surface area (Å²) in [6, 6.07) is 2.24. The van der Waals surface area contributed by atoms with Crippen LogP contribution < -0.4 is 11.1 Å². The van der Waals surface area contributed by atoms with Crippen LogP contribution in [0.15, 0.2) is 12.1 Å². The molecule has 0 radical (unpaired) electrons. The molecule has 0 fully saturated rings. The van der Waals surface area contributed by atoms with Gasteiger partial charge in [-0.2, -0.15) is 0 Å². The van der Waals surface area contributed by atoms with Crippen molar-refractivity contribution in [3.05, 3.63) is 23.5 Å². The minimum absolute atomic E-state index is 0.00683. The maximum atomic E-state index is 13.6. The fourth-order valence-corrected chi connectivity index (χ4v) is 1.85. The molecule has 6 heteroatoms. The summed E-state index contributed by atoms with van der Waals surface area (Å²) in [6.07, 6.45) is 1.78. The number of carboxylic acids is 1. The Morgan fingerprint density at radius 2 is 2.26 bits per heavy atom. The van der Waals surface area contributed by atoms with Crippen LogP contribution in [0.5, 0.6) is 0 Å². The highest BCUT2D eigenvalue weighted by atomic mass is 19.1. The number of carbonyl (C=O) groups is 1. The van der Waals surface area contributed by atoms with E-state index >= 15 is 0 Å². The molecule has 0 spiro atoms. The van der Waals surface area contributed by atoms with E-state index in [-0.39, 0.29) is 11.7 Å². The van der Waals surface area contributed by atoms with E-state index in [1.165, 1.54) is 0 Å². The lowest BCUT2D eigenvalue weighted by Gasteiger charge is -2.20. The second kappa shape index (κ2) is 6.94. The van der Waals surface area contributed by atoms with Crippen LogP contribution in [0, 0.1) is 5.82 Å². The Morgan fingerprint density at radius 1 is 1.58 bits per heavy atom. The number of hydrogen-bond donors (Lipinski definition) is 3. The minimum Gasteiger partial charge on any atom is -0.478 e. The van der Waals surface area contributed by atoms with E-state index in [0.29, 0.717) is 12.3 Å². The number of methoxy groups -OCH3 is 1. The molecular formula is C13H19FN2O3. The molecule has 106 valence electrons. The molecule has 0 bridgehead atoms. The Balaban J connectivity index is 2.94. The fraction of sp³-hybridized carbons (Fsp3) is 0.462. The molecule has 1 aromatic rings. The first-order valence-electron chi connectivity index (χ1n) is 6.07. The summed E-state index contributed by atoms with van der Waals surface area (Å²) in [4.78, 5) is 10.8. The molecular weight excluding hydrogens is 251 g/mol. The number of carboxylic acid groups (broad SMARTS) is 1. The van der Waals surface area contributed by atoms with Crippen LogP contribution in [0.3, 0.4) is 0 Å². The number of nitrogens with two attached hydrogens (primary N) is 1. The van der Waals surface area contributed by atoms with Gasteiger partial charge in [0, 0.05) is 13.2 Å². The summed E-state index contributed by atoms with van der Waals surface area (Å²) >= 11 is 0. The molecule has 5 nitrogen and oxygen atoms in total. The number of aromatic carboxylic acids is 1. The Hall–Kier alpha value is -1.82. The highest BCUT2D eigenvalue weighted by molar-refractivity contribution is 5.90. The van der Waals surface area contributed by atoms with Crippen LogP contribution in [0.25, 0.3) is 0 Å². The van der Waals surface area contributed by atoms with Gasteiger partial charge in [0.1, 0.15) is 5.82 Å². The van der Waals surface area contributed by atoms with Crippen molar-refractivity contribution in [2.24, 2.45) is 0 Å². The standard InChI is InChI=1S/C13H19FN2O3/c1-3-4-8(7-19-2)16-12-6-10(14)9(13(17)18)5-11(12)15/h5-6,8,16H,3-4,7,15H2,1-2H3,(H,17,18). The zero-order valence-electron chi connectivity index (χ0n) is 11.1. The lowest BCUT2D eigenvalue weighted by atomic mass is 10.1. The van der Waals surface area contributed by atoms with Crippen molar-refractivity contribution in [1.29, 1.82) is 0 Å². The Kier molecular flexibility index (Phi) is 5.57. The van der Waals surface area contributed by atoms with E-state index in [1.54, 1.807) is 7.11 Å². The van der Waals surface area contributed by atoms with Crippen molar-refractivity contribution in [1.82, 2.24) is 0 Å². The number of anilines is 2. The quantitative estimate of drug-likeness (QED) is 0.662. The molecule has 1 aromatic carbocycles. The molecule has 0 aromatic heterocycles. The Labute approximate surface area is 111 Å². The van der Waals surface area contributed by atoms with Gasteiger partial charge in [0.2, 0.25) is 0 Å². The summed E-state index contributed by atoms with van der Waals surface area (Å²) in [7, 11) is 1.59. The van der Waals surface area contributed by atoms with E-state index in [1.807, 2.05) is 6.92 Å². The summed E-state index contributed by atoms with van der Waals surface area (Å²) in [5.74, 6) is -2.14. The Morgan fingerprint density at radius 3 is 2.79 bits per heavy atom. The molecule has 0 saturated carbocycles. The third-order valence-electron chi connectivity index (χ3n) is 2.73. The number of benzene rings is 1. The average molecular weight is 270 g/mol. The predicted octanol–water partition coefficient (Wildman–Crippen LogP) is 2.33. The first-order valence-corrected chi connectivity index (χ1v) is 6.07. The molecule has 0 aliphatic rings. The second-order valence-electron chi connectivity index (χ2n) is 4.31. The van der Waals surface area contributed by atoms with Crippen LogP contribution >= 0.6 is 0 Å². The van der Waals surface area contributed by atoms with Crippen molar-refractivity contribution in [2.75, 3.05) is 24.8 Å². The summed E-state index contributed by atoms with van der Waals surface area (Å²) in [5.41, 5.74) is 5.90. The van der Waals surface area contributed by atoms with Gasteiger partial charge in [-0.1, -0.05) is 13.3 Å². The third-order valence-corrected chi connectivity index (χ3v) is 2.73. The zero-order chi connectivity index (χ0) is 14.4. The summed E-state index contributed by atoms with van der Waals surface area (Å²) in [6.45, 7) is 2.50. The van der Waals surface area contributed by atoms with E-state index in [0.717, 1.165) is 25.0 Å². The van der Waals surface area contributed by atoms with E-state index in [2.05, 4.69) is 5.32 Å². The predicted molar refractivity (Wildman–Crippen MR) is 72.0 cm³/mol. The van der Waals surface area contributed by atoms with Crippen molar-refractivity contribution in [3.8, 4) is 0 Å². The lowest BCUT2D eigenvalue weighted by molar-refractivity contribution is 0.0692. The number of nitrogen functional groups attached to an aromatic ring is 1. The van der Waals surface area contributed by atoms with Crippen LogP contribution in [0.4, 0.5) is 15.8 Å². The van der Waals surface area contributed by atoms with Gasteiger partial charge in [-0.25, -0.2) is 9.18 Å². The smallest absolute Gasteiger partial charge is 0.338 e. The summed E-state index contributed by atoms with van der Waals surface area (Å²) < 4.78 is 18.7. The third kappa shape index (κ3) is 4.10. The molecule has 0 heterocycles.